The lowest BCUT2D eigenvalue weighted by molar-refractivity contribution is -0.122. The molecule has 1 unspecified atom stereocenters. The maximum atomic E-state index is 12.2. The highest BCUT2D eigenvalue weighted by Crippen LogP contribution is 2.31. The Morgan fingerprint density at radius 1 is 1.17 bits per heavy atom. The first-order chi connectivity index (χ1) is 14.2. The second-order valence-corrected chi connectivity index (χ2v) is 7.84. The van der Waals surface area contributed by atoms with Crippen LogP contribution in [0.15, 0.2) is 29.3 Å². The number of rotatable bonds is 7. The SMILES string of the molecule is CCNC(=NCC1CC(=O)Nc2ccccc21)NCCC(=O)NC1CCCCC1.I. The lowest BCUT2D eigenvalue weighted by Crippen LogP contribution is -2.41. The van der Waals surface area contributed by atoms with E-state index >= 15 is 0 Å². The van der Waals surface area contributed by atoms with Gasteiger partial charge in [-0.3, -0.25) is 14.6 Å². The molecule has 166 valence electrons. The van der Waals surface area contributed by atoms with Gasteiger partial charge in [-0.25, -0.2) is 0 Å². The maximum Gasteiger partial charge on any atom is 0.225 e. The van der Waals surface area contributed by atoms with Gasteiger partial charge in [0, 0.05) is 43.6 Å². The van der Waals surface area contributed by atoms with Gasteiger partial charge in [0.2, 0.25) is 11.8 Å². The summed E-state index contributed by atoms with van der Waals surface area (Å²) < 4.78 is 0. The molecule has 7 nitrogen and oxygen atoms in total. The molecule has 0 bridgehead atoms. The summed E-state index contributed by atoms with van der Waals surface area (Å²) in [6.07, 6.45) is 6.76. The minimum Gasteiger partial charge on any atom is -0.357 e. The van der Waals surface area contributed by atoms with Gasteiger partial charge in [-0.15, -0.1) is 24.0 Å². The largest absolute Gasteiger partial charge is 0.357 e. The number of amides is 2. The Morgan fingerprint density at radius 2 is 1.93 bits per heavy atom. The molecule has 1 heterocycles. The number of nitrogens with one attached hydrogen (secondary N) is 4. The zero-order valence-corrected chi connectivity index (χ0v) is 20.0. The maximum absolute atomic E-state index is 12.2. The van der Waals surface area contributed by atoms with Crippen LogP contribution in [-0.4, -0.2) is 43.5 Å². The highest BCUT2D eigenvalue weighted by molar-refractivity contribution is 14.0. The van der Waals surface area contributed by atoms with Gasteiger partial charge in [-0.05, 0) is 31.4 Å². The Balaban J connectivity index is 0.00000320. The fraction of sp³-hybridized carbons (Fsp3) is 0.591. The molecule has 4 N–H and O–H groups in total. The van der Waals surface area contributed by atoms with E-state index in [-0.39, 0.29) is 41.7 Å². The molecule has 0 saturated heterocycles. The van der Waals surface area contributed by atoms with E-state index in [1.807, 2.05) is 31.2 Å². The molecule has 3 rings (SSSR count). The van der Waals surface area contributed by atoms with E-state index in [1.54, 1.807) is 0 Å². The predicted molar refractivity (Wildman–Crippen MR) is 131 cm³/mol. The topological polar surface area (TPSA) is 94.6 Å². The molecule has 1 fully saturated rings. The number of para-hydroxylation sites is 1. The molecular formula is C22H34IN5O2. The number of carbonyl (C=O) groups excluding carboxylic acids is 2. The lowest BCUT2D eigenvalue weighted by Gasteiger charge is -2.24. The van der Waals surface area contributed by atoms with Crippen LogP contribution in [0.4, 0.5) is 5.69 Å². The molecule has 30 heavy (non-hydrogen) atoms. The van der Waals surface area contributed by atoms with Crippen molar-refractivity contribution in [1.82, 2.24) is 16.0 Å². The molecule has 0 spiro atoms. The van der Waals surface area contributed by atoms with E-state index < -0.39 is 0 Å². The molecule has 0 aromatic heterocycles. The Labute approximate surface area is 196 Å². The van der Waals surface area contributed by atoms with Crippen LogP contribution >= 0.6 is 24.0 Å². The first-order valence-electron chi connectivity index (χ1n) is 10.9. The van der Waals surface area contributed by atoms with Gasteiger partial charge in [0.05, 0.1) is 6.54 Å². The molecule has 1 aliphatic heterocycles. The number of hydrogen-bond acceptors (Lipinski definition) is 3. The van der Waals surface area contributed by atoms with Crippen molar-refractivity contribution >= 4 is 47.4 Å². The minimum absolute atomic E-state index is 0. The molecule has 0 radical (unpaired) electrons. The highest BCUT2D eigenvalue weighted by Gasteiger charge is 2.24. The molecule has 1 atom stereocenters. The fourth-order valence-corrected chi connectivity index (χ4v) is 4.05. The number of nitrogens with zero attached hydrogens (tertiary/aromatic N) is 1. The molecule has 2 aliphatic rings. The summed E-state index contributed by atoms with van der Waals surface area (Å²) in [4.78, 5) is 28.8. The summed E-state index contributed by atoms with van der Waals surface area (Å²) in [6.45, 7) is 3.80. The third-order valence-electron chi connectivity index (χ3n) is 5.54. The van der Waals surface area contributed by atoms with Crippen molar-refractivity contribution in [2.24, 2.45) is 4.99 Å². The Hall–Kier alpha value is -1.84. The van der Waals surface area contributed by atoms with Gasteiger partial charge in [0.15, 0.2) is 5.96 Å². The predicted octanol–water partition coefficient (Wildman–Crippen LogP) is 3.12. The molecule has 1 saturated carbocycles. The van der Waals surface area contributed by atoms with Crippen LogP contribution in [0.5, 0.6) is 0 Å². The summed E-state index contributed by atoms with van der Waals surface area (Å²) in [6, 6.07) is 8.23. The average molecular weight is 527 g/mol. The Bertz CT molecular complexity index is 734. The van der Waals surface area contributed by atoms with Crippen LogP contribution < -0.4 is 21.3 Å². The van der Waals surface area contributed by atoms with E-state index in [9.17, 15) is 9.59 Å². The fourth-order valence-electron chi connectivity index (χ4n) is 4.05. The van der Waals surface area contributed by atoms with Gasteiger partial charge >= 0.3 is 0 Å². The third-order valence-corrected chi connectivity index (χ3v) is 5.54. The van der Waals surface area contributed by atoms with Crippen LogP contribution in [-0.2, 0) is 9.59 Å². The molecule has 8 heteroatoms. The van der Waals surface area contributed by atoms with Gasteiger partial charge in [0.25, 0.3) is 0 Å². The first kappa shape index (κ1) is 24.4. The second kappa shape index (κ2) is 12.8. The standard InChI is InChI=1S/C22H33N5O2.HI/c1-2-23-22(24-13-12-20(28)26-17-8-4-3-5-9-17)25-15-16-14-21(29)27-19-11-7-6-10-18(16)19;/h6-7,10-11,16-17H,2-5,8-9,12-15H2,1H3,(H,26,28)(H,27,29)(H2,23,24,25);1H. The van der Waals surface area contributed by atoms with E-state index in [2.05, 4.69) is 26.3 Å². The molecule has 2 amide bonds. The van der Waals surface area contributed by atoms with Crippen LogP contribution in [0, 0.1) is 0 Å². The number of guanidine groups is 1. The number of carbonyl (C=O) groups is 2. The van der Waals surface area contributed by atoms with Gasteiger partial charge in [0.1, 0.15) is 0 Å². The third kappa shape index (κ3) is 7.45. The highest BCUT2D eigenvalue weighted by atomic mass is 127. The molecular weight excluding hydrogens is 493 g/mol. The summed E-state index contributed by atoms with van der Waals surface area (Å²) in [7, 11) is 0. The van der Waals surface area contributed by atoms with Crippen molar-refractivity contribution in [1.29, 1.82) is 0 Å². The number of hydrogen-bond donors (Lipinski definition) is 4. The summed E-state index contributed by atoms with van der Waals surface area (Å²) >= 11 is 0. The summed E-state index contributed by atoms with van der Waals surface area (Å²) in [5, 5.41) is 12.5. The Morgan fingerprint density at radius 3 is 2.70 bits per heavy atom. The van der Waals surface area contributed by atoms with Crippen molar-refractivity contribution in [3.8, 4) is 0 Å². The van der Waals surface area contributed by atoms with Gasteiger partial charge < -0.3 is 21.3 Å². The molecule has 1 aliphatic carbocycles. The summed E-state index contributed by atoms with van der Waals surface area (Å²) in [5.41, 5.74) is 2.00. The van der Waals surface area contributed by atoms with Gasteiger partial charge in [-0.2, -0.15) is 0 Å². The van der Waals surface area contributed by atoms with E-state index in [1.165, 1.54) is 19.3 Å². The van der Waals surface area contributed by atoms with E-state index in [4.69, 9.17) is 0 Å². The lowest BCUT2D eigenvalue weighted by atomic mass is 9.91. The normalized spacial score (nSPS) is 19.2. The smallest absolute Gasteiger partial charge is 0.225 e. The Kier molecular flexibility index (Phi) is 10.4. The number of fused-ring (bicyclic) bond motifs is 1. The van der Waals surface area contributed by atoms with Crippen LogP contribution in [0.1, 0.15) is 63.4 Å². The van der Waals surface area contributed by atoms with E-state index in [0.717, 1.165) is 30.6 Å². The van der Waals surface area contributed by atoms with Gasteiger partial charge in [-0.1, -0.05) is 37.5 Å². The molecule has 1 aromatic carbocycles. The van der Waals surface area contributed by atoms with Crippen molar-refractivity contribution < 1.29 is 9.59 Å². The minimum atomic E-state index is 0. The van der Waals surface area contributed by atoms with Crippen molar-refractivity contribution in [3.05, 3.63) is 29.8 Å². The summed E-state index contributed by atoms with van der Waals surface area (Å²) in [5.74, 6) is 0.866. The first-order valence-corrected chi connectivity index (χ1v) is 10.9. The molecule has 1 aromatic rings. The van der Waals surface area contributed by atoms with Crippen molar-refractivity contribution in [2.75, 3.05) is 25.0 Å². The number of anilines is 1. The zero-order chi connectivity index (χ0) is 20.5. The van der Waals surface area contributed by atoms with Crippen LogP contribution in [0.25, 0.3) is 0 Å². The van der Waals surface area contributed by atoms with Crippen molar-refractivity contribution in [2.45, 2.75) is 63.8 Å². The second-order valence-electron chi connectivity index (χ2n) is 7.84. The number of halogens is 1. The average Bonchev–Trinajstić information content (AvgIpc) is 2.72. The van der Waals surface area contributed by atoms with Crippen LogP contribution in [0.2, 0.25) is 0 Å². The van der Waals surface area contributed by atoms with E-state index in [0.29, 0.717) is 37.9 Å². The number of aliphatic imine (C=N–C) groups is 1. The van der Waals surface area contributed by atoms with Crippen molar-refractivity contribution in [3.63, 3.8) is 0 Å². The number of benzene rings is 1. The quantitative estimate of drug-likeness (QED) is 0.249. The monoisotopic (exact) mass is 527 g/mol. The zero-order valence-electron chi connectivity index (χ0n) is 17.7. The van der Waals surface area contributed by atoms with Crippen LogP contribution in [0.3, 0.4) is 0 Å².